The molecular formula is C17H13BrN2. The molecule has 2 aromatic carbocycles. The van der Waals surface area contributed by atoms with E-state index in [1.54, 1.807) is 0 Å². The van der Waals surface area contributed by atoms with E-state index in [1.165, 1.54) is 16.5 Å². The number of aryl methyl sites for hydroxylation is 1. The van der Waals surface area contributed by atoms with Gasteiger partial charge in [-0.3, -0.25) is 0 Å². The molecule has 0 bridgehead atoms. The van der Waals surface area contributed by atoms with Gasteiger partial charge in [0.25, 0.3) is 0 Å². The van der Waals surface area contributed by atoms with Gasteiger partial charge in [-0.25, -0.2) is 0 Å². The van der Waals surface area contributed by atoms with Crippen molar-refractivity contribution in [2.45, 2.75) is 13.5 Å². The van der Waals surface area contributed by atoms with E-state index < -0.39 is 0 Å². The van der Waals surface area contributed by atoms with Gasteiger partial charge < -0.3 is 4.57 Å². The van der Waals surface area contributed by atoms with E-state index in [4.69, 9.17) is 5.26 Å². The summed E-state index contributed by atoms with van der Waals surface area (Å²) in [7, 11) is 0. The van der Waals surface area contributed by atoms with Crippen molar-refractivity contribution in [2.75, 3.05) is 0 Å². The molecular weight excluding hydrogens is 312 g/mol. The van der Waals surface area contributed by atoms with Crippen molar-refractivity contribution in [1.29, 1.82) is 5.26 Å². The molecule has 0 radical (unpaired) electrons. The number of halogens is 1. The van der Waals surface area contributed by atoms with Crippen LogP contribution in [0.1, 0.15) is 16.7 Å². The molecule has 3 heteroatoms. The lowest BCUT2D eigenvalue weighted by molar-refractivity contribution is 0.830. The highest BCUT2D eigenvalue weighted by molar-refractivity contribution is 9.10. The third-order valence-corrected chi connectivity index (χ3v) is 4.04. The minimum Gasteiger partial charge on any atom is -0.343 e. The number of aromatic nitrogens is 1. The number of benzene rings is 2. The molecule has 20 heavy (non-hydrogen) atoms. The average Bonchev–Trinajstić information content (AvgIpc) is 2.83. The molecule has 0 fully saturated rings. The molecule has 0 unspecified atom stereocenters. The van der Waals surface area contributed by atoms with E-state index >= 15 is 0 Å². The average molecular weight is 325 g/mol. The molecule has 0 N–H and O–H groups in total. The summed E-state index contributed by atoms with van der Waals surface area (Å²) in [5, 5.41) is 10.2. The quantitative estimate of drug-likeness (QED) is 0.675. The van der Waals surface area contributed by atoms with Gasteiger partial charge in [0.05, 0.1) is 11.6 Å². The largest absolute Gasteiger partial charge is 0.343 e. The molecule has 1 aromatic heterocycles. The van der Waals surface area contributed by atoms with Crippen molar-refractivity contribution < 1.29 is 0 Å². The number of hydrogen-bond acceptors (Lipinski definition) is 1. The number of nitrogens with zero attached hydrogens (tertiary/aromatic N) is 2. The highest BCUT2D eigenvalue weighted by Gasteiger charge is 2.05. The normalized spacial score (nSPS) is 10.7. The van der Waals surface area contributed by atoms with Crippen LogP contribution in [-0.4, -0.2) is 4.57 Å². The van der Waals surface area contributed by atoms with Gasteiger partial charge in [-0.2, -0.15) is 5.26 Å². The topological polar surface area (TPSA) is 28.7 Å². The summed E-state index contributed by atoms with van der Waals surface area (Å²) < 4.78 is 3.32. The van der Waals surface area contributed by atoms with Crippen LogP contribution >= 0.6 is 15.9 Å². The Labute approximate surface area is 126 Å². The van der Waals surface area contributed by atoms with Crippen molar-refractivity contribution in [3.63, 3.8) is 0 Å². The molecule has 3 aromatic rings. The lowest BCUT2D eigenvalue weighted by Gasteiger charge is -2.09. The standard InChI is InChI=1S/C17H13BrN2/c1-12-8-13(10-19)2-3-15(12)11-20-7-6-14-4-5-16(18)9-17(14)20/h2-9H,11H2,1H3. The summed E-state index contributed by atoms with van der Waals surface area (Å²) in [5.74, 6) is 0. The van der Waals surface area contributed by atoms with E-state index in [-0.39, 0.29) is 0 Å². The Hall–Kier alpha value is -2.05. The first kappa shape index (κ1) is 13.0. The summed E-state index contributed by atoms with van der Waals surface area (Å²) in [4.78, 5) is 0. The van der Waals surface area contributed by atoms with E-state index in [9.17, 15) is 0 Å². The predicted molar refractivity (Wildman–Crippen MR) is 84.6 cm³/mol. The second kappa shape index (κ2) is 5.15. The first-order chi connectivity index (χ1) is 9.67. The number of fused-ring (bicyclic) bond motifs is 1. The fraction of sp³-hybridized carbons (Fsp3) is 0.118. The molecule has 3 rings (SSSR count). The first-order valence-electron chi connectivity index (χ1n) is 6.41. The Morgan fingerprint density at radius 3 is 2.75 bits per heavy atom. The molecule has 1 heterocycles. The molecule has 0 aliphatic carbocycles. The molecule has 0 atom stereocenters. The van der Waals surface area contributed by atoms with Gasteiger partial charge in [0.1, 0.15) is 0 Å². The Bertz CT molecular complexity index is 825. The fourth-order valence-corrected chi connectivity index (χ4v) is 2.77. The smallest absolute Gasteiger partial charge is 0.0991 e. The predicted octanol–water partition coefficient (Wildman–Crippen LogP) is 4.63. The fourth-order valence-electron chi connectivity index (χ4n) is 2.42. The lowest BCUT2D eigenvalue weighted by atomic mass is 10.1. The van der Waals surface area contributed by atoms with Crippen LogP contribution in [0.3, 0.4) is 0 Å². The molecule has 2 nitrogen and oxygen atoms in total. The van der Waals surface area contributed by atoms with Gasteiger partial charge >= 0.3 is 0 Å². The van der Waals surface area contributed by atoms with Gasteiger partial charge in [-0.05, 0) is 53.8 Å². The van der Waals surface area contributed by atoms with Crippen LogP contribution in [0.2, 0.25) is 0 Å². The van der Waals surface area contributed by atoms with Gasteiger partial charge in [-0.15, -0.1) is 0 Å². The van der Waals surface area contributed by atoms with Crippen LogP contribution in [-0.2, 0) is 6.54 Å². The Morgan fingerprint density at radius 2 is 2.00 bits per heavy atom. The zero-order valence-corrected chi connectivity index (χ0v) is 12.7. The highest BCUT2D eigenvalue weighted by Crippen LogP contribution is 2.22. The zero-order chi connectivity index (χ0) is 14.1. The monoisotopic (exact) mass is 324 g/mol. The van der Waals surface area contributed by atoms with Gasteiger partial charge in [-0.1, -0.05) is 28.1 Å². The zero-order valence-electron chi connectivity index (χ0n) is 11.1. The highest BCUT2D eigenvalue weighted by atomic mass is 79.9. The number of rotatable bonds is 2. The van der Waals surface area contributed by atoms with E-state index in [0.29, 0.717) is 5.56 Å². The Balaban J connectivity index is 2.01. The molecule has 0 aliphatic heterocycles. The van der Waals surface area contributed by atoms with Crippen LogP contribution in [0.5, 0.6) is 0 Å². The molecule has 0 saturated heterocycles. The van der Waals surface area contributed by atoms with Crippen molar-refractivity contribution >= 4 is 26.8 Å². The maximum atomic E-state index is 8.92. The van der Waals surface area contributed by atoms with Crippen LogP contribution in [0, 0.1) is 18.3 Å². The van der Waals surface area contributed by atoms with Crippen molar-refractivity contribution in [3.05, 3.63) is 69.8 Å². The molecule has 0 amide bonds. The minimum absolute atomic E-state index is 0.714. The van der Waals surface area contributed by atoms with Crippen molar-refractivity contribution in [2.24, 2.45) is 0 Å². The van der Waals surface area contributed by atoms with E-state index in [0.717, 1.165) is 16.6 Å². The summed E-state index contributed by atoms with van der Waals surface area (Å²) >= 11 is 3.52. The maximum absolute atomic E-state index is 8.92. The first-order valence-corrected chi connectivity index (χ1v) is 7.21. The SMILES string of the molecule is Cc1cc(C#N)ccc1Cn1ccc2ccc(Br)cc21. The van der Waals surface area contributed by atoms with Gasteiger partial charge in [0, 0.05) is 22.7 Å². The van der Waals surface area contributed by atoms with Gasteiger partial charge in [0.15, 0.2) is 0 Å². The minimum atomic E-state index is 0.714. The van der Waals surface area contributed by atoms with Crippen LogP contribution in [0.15, 0.2) is 53.1 Å². The summed E-state index contributed by atoms with van der Waals surface area (Å²) in [6.07, 6.45) is 2.11. The van der Waals surface area contributed by atoms with Crippen LogP contribution < -0.4 is 0 Å². The lowest BCUT2D eigenvalue weighted by Crippen LogP contribution is -2.00. The Morgan fingerprint density at radius 1 is 1.15 bits per heavy atom. The van der Waals surface area contributed by atoms with Crippen molar-refractivity contribution in [3.8, 4) is 6.07 Å². The van der Waals surface area contributed by atoms with Crippen LogP contribution in [0.4, 0.5) is 0 Å². The third-order valence-electron chi connectivity index (χ3n) is 3.55. The van der Waals surface area contributed by atoms with Crippen molar-refractivity contribution in [1.82, 2.24) is 4.57 Å². The van der Waals surface area contributed by atoms with E-state index in [1.807, 2.05) is 18.2 Å². The Kier molecular flexibility index (Phi) is 3.33. The second-order valence-electron chi connectivity index (χ2n) is 4.90. The second-order valence-corrected chi connectivity index (χ2v) is 5.82. The summed E-state index contributed by atoms with van der Waals surface area (Å²) in [5.41, 5.74) is 4.32. The molecule has 0 spiro atoms. The molecule has 0 aliphatic rings. The molecule has 98 valence electrons. The van der Waals surface area contributed by atoms with Gasteiger partial charge in [0.2, 0.25) is 0 Å². The van der Waals surface area contributed by atoms with Crippen LogP contribution in [0.25, 0.3) is 10.9 Å². The van der Waals surface area contributed by atoms with E-state index in [2.05, 4.69) is 64.0 Å². The number of nitriles is 1. The summed E-state index contributed by atoms with van der Waals surface area (Å²) in [6, 6.07) is 16.5. The summed E-state index contributed by atoms with van der Waals surface area (Å²) in [6.45, 7) is 2.87. The molecule has 0 saturated carbocycles. The third kappa shape index (κ3) is 2.35. The maximum Gasteiger partial charge on any atom is 0.0991 e. The number of hydrogen-bond donors (Lipinski definition) is 0.